The number of hydrogen-bond acceptors (Lipinski definition) is 2. The quantitative estimate of drug-likeness (QED) is 0.739. The van der Waals surface area contributed by atoms with E-state index in [4.69, 9.17) is 17.3 Å². The zero-order chi connectivity index (χ0) is 11.7. The minimum absolute atomic E-state index is 0.162. The summed E-state index contributed by atoms with van der Waals surface area (Å²) in [6.07, 6.45) is 5.68. The molecule has 0 amide bonds. The Morgan fingerprint density at radius 1 is 1.31 bits per heavy atom. The minimum Gasteiger partial charge on any atom is -0.506 e. The fraction of sp³-hybridized carbons (Fsp3) is 0.538. The molecular weight excluding hydrogens is 222 g/mol. The fourth-order valence-electron chi connectivity index (χ4n) is 2.56. The van der Waals surface area contributed by atoms with E-state index < -0.39 is 0 Å². The molecule has 1 aromatic carbocycles. The van der Waals surface area contributed by atoms with Crippen molar-refractivity contribution in [3.05, 3.63) is 27.8 Å². The summed E-state index contributed by atoms with van der Waals surface area (Å²) in [5.41, 5.74) is 9.29. The van der Waals surface area contributed by atoms with Gasteiger partial charge in [0, 0.05) is 11.6 Å². The van der Waals surface area contributed by atoms with Crippen molar-refractivity contribution in [2.75, 3.05) is 0 Å². The van der Waals surface area contributed by atoms with E-state index in [1.165, 1.54) is 30.4 Å². The largest absolute Gasteiger partial charge is 0.506 e. The molecule has 0 bridgehead atoms. The summed E-state index contributed by atoms with van der Waals surface area (Å²) in [6, 6.07) is 1.74. The van der Waals surface area contributed by atoms with Gasteiger partial charge in [-0.2, -0.15) is 0 Å². The second-order valence-corrected chi connectivity index (χ2v) is 5.01. The SMILES string of the molecule is CC(N)c1c(O)c(Cl)cc2c1CCCCC2. The molecule has 0 saturated heterocycles. The van der Waals surface area contributed by atoms with Gasteiger partial charge in [0.25, 0.3) is 0 Å². The van der Waals surface area contributed by atoms with Gasteiger partial charge in [-0.05, 0) is 49.8 Å². The molecule has 0 aromatic heterocycles. The summed E-state index contributed by atoms with van der Waals surface area (Å²) < 4.78 is 0. The Morgan fingerprint density at radius 2 is 2.00 bits per heavy atom. The first-order valence-electron chi connectivity index (χ1n) is 5.90. The summed E-state index contributed by atoms with van der Waals surface area (Å²) in [4.78, 5) is 0. The van der Waals surface area contributed by atoms with Gasteiger partial charge in [-0.25, -0.2) is 0 Å². The van der Waals surface area contributed by atoms with Gasteiger partial charge in [-0.15, -0.1) is 0 Å². The van der Waals surface area contributed by atoms with Crippen LogP contribution in [0, 0.1) is 0 Å². The van der Waals surface area contributed by atoms with Crippen LogP contribution in [0.4, 0.5) is 0 Å². The van der Waals surface area contributed by atoms with Gasteiger partial charge in [0.05, 0.1) is 5.02 Å². The zero-order valence-corrected chi connectivity index (χ0v) is 10.3. The third-order valence-electron chi connectivity index (χ3n) is 3.32. The highest BCUT2D eigenvalue weighted by Crippen LogP contribution is 2.38. The first-order chi connectivity index (χ1) is 7.61. The van der Waals surface area contributed by atoms with Gasteiger partial charge >= 0.3 is 0 Å². The van der Waals surface area contributed by atoms with E-state index in [1.54, 1.807) is 0 Å². The number of fused-ring (bicyclic) bond motifs is 1. The van der Waals surface area contributed by atoms with Crippen LogP contribution in [0.1, 0.15) is 48.9 Å². The maximum atomic E-state index is 10.0. The molecule has 88 valence electrons. The van der Waals surface area contributed by atoms with Gasteiger partial charge in [0.15, 0.2) is 0 Å². The molecule has 3 N–H and O–H groups in total. The molecule has 3 heteroatoms. The van der Waals surface area contributed by atoms with Crippen molar-refractivity contribution in [2.24, 2.45) is 5.73 Å². The fourth-order valence-corrected chi connectivity index (χ4v) is 2.79. The molecule has 1 aliphatic rings. The second kappa shape index (κ2) is 4.64. The van der Waals surface area contributed by atoms with Crippen LogP contribution in [0.15, 0.2) is 6.07 Å². The number of aromatic hydroxyl groups is 1. The van der Waals surface area contributed by atoms with Gasteiger partial charge in [-0.3, -0.25) is 0 Å². The zero-order valence-electron chi connectivity index (χ0n) is 9.59. The molecule has 1 atom stereocenters. The lowest BCUT2D eigenvalue weighted by molar-refractivity contribution is 0.462. The van der Waals surface area contributed by atoms with E-state index in [0.717, 1.165) is 18.4 Å². The molecule has 2 rings (SSSR count). The smallest absolute Gasteiger partial charge is 0.139 e. The third kappa shape index (κ3) is 2.04. The molecule has 2 nitrogen and oxygen atoms in total. The van der Waals surface area contributed by atoms with Crippen LogP contribution in [0.3, 0.4) is 0 Å². The Kier molecular flexibility index (Phi) is 3.41. The van der Waals surface area contributed by atoms with Crippen molar-refractivity contribution in [1.82, 2.24) is 0 Å². The number of phenolic OH excluding ortho intramolecular Hbond substituents is 1. The third-order valence-corrected chi connectivity index (χ3v) is 3.61. The van der Waals surface area contributed by atoms with Crippen LogP contribution in [0.25, 0.3) is 0 Å². The number of phenols is 1. The van der Waals surface area contributed by atoms with Gasteiger partial charge < -0.3 is 10.8 Å². The Balaban J connectivity index is 2.60. The normalized spacial score (nSPS) is 17.7. The van der Waals surface area contributed by atoms with E-state index in [2.05, 4.69) is 0 Å². The van der Waals surface area contributed by atoms with Crippen LogP contribution in [0.2, 0.25) is 5.02 Å². The number of benzene rings is 1. The molecule has 0 heterocycles. The summed E-state index contributed by atoms with van der Waals surface area (Å²) in [7, 11) is 0. The van der Waals surface area contributed by atoms with Crippen molar-refractivity contribution in [3.63, 3.8) is 0 Å². The highest BCUT2D eigenvalue weighted by atomic mass is 35.5. The van der Waals surface area contributed by atoms with Crippen LogP contribution >= 0.6 is 11.6 Å². The lowest BCUT2D eigenvalue weighted by Gasteiger charge is -2.18. The Bertz CT molecular complexity index is 401. The molecule has 0 saturated carbocycles. The molecule has 0 radical (unpaired) electrons. The Labute approximate surface area is 101 Å². The van der Waals surface area contributed by atoms with Crippen molar-refractivity contribution < 1.29 is 5.11 Å². The Hall–Kier alpha value is -0.730. The first kappa shape index (κ1) is 11.7. The molecule has 0 fully saturated rings. The molecule has 1 aliphatic carbocycles. The topological polar surface area (TPSA) is 46.2 Å². The number of rotatable bonds is 1. The van der Waals surface area contributed by atoms with Crippen molar-refractivity contribution in [1.29, 1.82) is 0 Å². The van der Waals surface area contributed by atoms with Crippen molar-refractivity contribution in [3.8, 4) is 5.75 Å². The van der Waals surface area contributed by atoms with E-state index in [1.807, 2.05) is 13.0 Å². The highest BCUT2D eigenvalue weighted by molar-refractivity contribution is 6.32. The molecule has 0 spiro atoms. The summed E-state index contributed by atoms with van der Waals surface area (Å²) in [5, 5.41) is 10.4. The number of aryl methyl sites for hydroxylation is 1. The van der Waals surface area contributed by atoms with Crippen LogP contribution in [0.5, 0.6) is 5.75 Å². The molecule has 1 unspecified atom stereocenters. The molecular formula is C13H18ClNO. The van der Waals surface area contributed by atoms with E-state index >= 15 is 0 Å². The van der Waals surface area contributed by atoms with Crippen molar-refractivity contribution in [2.45, 2.75) is 45.1 Å². The van der Waals surface area contributed by atoms with Gasteiger partial charge in [0.2, 0.25) is 0 Å². The second-order valence-electron chi connectivity index (χ2n) is 4.61. The average molecular weight is 240 g/mol. The maximum Gasteiger partial charge on any atom is 0.139 e. The maximum absolute atomic E-state index is 10.0. The molecule has 1 aromatic rings. The number of hydrogen-bond donors (Lipinski definition) is 2. The summed E-state index contributed by atoms with van der Waals surface area (Å²) in [6.45, 7) is 1.90. The minimum atomic E-state index is -0.162. The first-order valence-corrected chi connectivity index (χ1v) is 6.27. The standard InChI is InChI=1S/C13H18ClNO/c1-8(15)12-10-6-4-2-3-5-9(10)7-11(14)13(12)16/h7-8,16H,2-6,15H2,1H3. The highest BCUT2D eigenvalue weighted by Gasteiger charge is 2.20. The predicted molar refractivity (Wildman–Crippen MR) is 67.0 cm³/mol. The molecule has 16 heavy (non-hydrogen) atoms. The van der Waals surface area contributed by atoms with E-state index in [0.29, 0.717) is 5.02 Å². The predicted octanol–water partition coefficient (Wildman–Crippen LogP) is 3.33. The van der Waals surface area contributed by atoms with Gasteiger partial charge in [-0.1, -0.05) is 18.0 Å². The lowest BCUT2D eigenvalue weighted by atomic mass is 9.92. The number of nitrogens with two attached hydrogens (primary N) is 1. The van der Waals surface area contributed by atoms with Crippen LogP contribution in [-0.2, 0) is 12.8 Å². The number of halogens is 1. The summed E-state index contributed by atoms with van der Waals surface area (Å²) in [5.74, 6) is 0.178. The van der Waals surface area contributed by atoms with Gasteiger partial charge in [0.1, 0.15) is 5.75 Å². The van der Waals surface area contributed by atoms with Crippen LogP contribution < -0.4 is 5.73 Å². The van der Waals surface area contributed by atoms with Crippen LogP contribution in [-0.4, -0.2) is 5.11 Å². The molecule has 0 aliphatic heterocycles. The summed E-state index contributed by atoms with van der Waals surface area (Å²) >= 11 is 6.04. The van der Waals surface area contributed by atoms with Crippen molar-refractivity contribution >= 4 is 11.6 Å². The monoisotopic (exact) mass is 239 g/mol. The average Bonchev–Trinajstić information content (AvgIpc) is 2.44. The Morgan fingerprint density at radius 3 is 2.69 bits per heavy atom. The van der Waals surface area contributed by atoms with E-state index in [-0.39, 0.29) is 11.8 Å². The van der Waals surface area contributed by atoms with E-state index in [9.17, 15) is 5.11 Å². The lowest BCUT2D eigenvalue weighted by Crippen LogP contribution is -2.10.